The SMILES string of the molecule is CCOC(=O)Cc1ccc(C)cc1O/C(=C/C(Br)=C(\C)O)CC. The number of aliphatic hydroxyl groups excluding tert-OH is 1. The van der Waals surface area contributed by atoms with Crippen molar-refractivity contribution in [1.82, 2.24) is 0 Å². The maximum atomic E-state index is 11.7. The van der Waals surface area contributed by atoms with Crippen LogP contribution >= 0.6 is 15.9 Å². The summed E-state index contributed by atoms with van der Waals surface area (Å²) in [5, 5.41) is 9.48. The van der Waals surface area contributed by atoms with Gasteiger partial charge in [-0.05, 0) is 54.4 Å². The van der Waals surface area contributed by atoms with E-state index >= 15 is 0 Å². The Bertz CT molecular complexity index is 613. The largest absolute Gasteiger partial charge is 0.511 e. The van der Waals surface area contributed by atoms with Crippen LogP contribution in [0.5, 0.6) is 5.75 Å². The molecule has 0 spiro atoms. The van der Waals surface area contributed by atoms with Crippen LogP contribution in [0.3, 0.4) is 0 Å². The number of halogens is 1. The maximum Gasteiger partial charge on any atom is 0.310 e. The van der Waals surface area contributed by atoms with Crippen LogP contribution in [-0.4, -0.2) is 17.7 Å². The number of ether oxygens (including phenoxy) is 2. The summed E-state index contributed by atoms with van der Waals surface area (Å²) in [5.74, 6) is 1.20. The first-order valence-corrected chi connectivity index (χ1v) is 8.35. The average molecular weight is 383 g/mol. The molecule has 0 radical (unpaired) electrons. The second kappa shape index (κ2) is 9.40. The molecule has 0 saturated carbocycles. The van der Waals surface area contributed by atoms with Gasteiger partial charge in [0.1, 0.15) is 17.3 Å². The number of rotatable bonds is 7. The fraction of sp³-hybridized carbons (Fsp3) is 0.389. The van der Waals surface area contributed by atoms with Gasteiger partial charge in [0.25, 0.3) is 0 Å². The molecular weight excluding hydrogens is 360 g/mol. The van der Waals surface area contributed by atoms with Crippen LogP contribution in [0.1, 0.15) is 38.3 Å². The Kier molecular flexibility index (Phi) is 7.89. The average Bonchev–Trinajstić information content (AvgIpc) is 2.49. The molecule has 4 nitrogen and oxygen atoms in total. The summed E-state index contributed by atoms with van der Waals surface area (Å²) < 4.78 is 11.5. The standard InChI is InChI=1S/C18H23BrO4/c1-5-15(11-16(19)13(4)20)23-17-9-12(3)7-8-14(17)10-18(21)22-6-2/h7-9,11,20H,5-6,10H2,1-4H3/b15-11+,16-13-. The van der Waals surface area contributed by atoms with E-state index < -0.39 is 0 Å². The lowest BCUT2D eigenvalue weighted by atomic mass is 10.1. The number of hydrogen-bond donors (Lipinski definition) is 1. The van der Waals surface area contributed by atoms with Gasteiger partial charge < -0.3 is 14.6 Å². The fourth-order valence-electron chi connectivity index (χ4n) is 1.86. The minimum absolute atomic E-state index is 0.163. The van der Waals surface area contributed by atoms with E-state index in [9.17, 15) is 9.90 Å². The Morgan fingerprint density at radius 1 is 1.35 bits per heavy atom. The summed E-state index contributed by atoms with van der Waals surface area (Å²) in [5.41, 5.74) is 1.81. The number of aryl methyl sites for hydroxylation is 1. The molecule has 0 bridgehead atoms. The molecule has 0 aliphatic rings. The van der Waals surface area contributed by atoms with Crippen LogP contribution in [0.2, 0.25) is 0 Å². The van der Waals surface area contributed by atoms with Gasteiger partial charge in [0, 0.05) is 12.0 Å². The molecule has 1 aromatic carbocycles. The van der Waals surface area contributed by atoms with Gasteiger partial charge in [0.05, 0.1) is 17.5 Å². The third kappa shape index (κ3) is 6.48. The van der Waals surface area contributed by atoms with E-state index in [0.717, 1.165) is 11.1 Å². The van der Waals surface area contributed by atoms with E-state index in [-0.39, 0.29) is 18.1 Å². The minimum Gasteiger partial charge on any atom is -0.511 e. The molecule has 0 aromatic heterocycles. The van der Waals surface area contributed by atoms with Gasteiger partial charge in [0.15, 0.2) is 0 Å². The first kappa shape index (κ1) is 19.3. The molecule has 0 aliphatic carbocycles. The smallest absolute Gasteiger partial charge is 0.310 e. The fourth-order valence-corrected chi connectivity index (χ4v) is 2.12. The molecule has 0 heterocycles. The molecule has 0 aliphatic heterocycles. The van der Waals surface area contributed by atoms with Gasteiger partial charge in [-0.25, -0.2) is 0 Å². The normalized spacial score (nSPS) is 12.7. The molecule has 0 atom stereocenters. The van der Waals surface area contributed by atoms with Crippen molar-refractivity contribution in [3.8, 4) is 5.75 Å². The predicted octanol–water partition coefficient (Wildman–Crippen LogP) is 4.96. The van der Waals surface area contributed by atoms with Crippen molar-refractivity contribution < 1.29 is 19.4 Å². The lowest BCUT2D eigenvalue weighted by molar-refractivity contribution is -0.142. The van der Waals surface area contributed by atoms with Gasteiger partial charge in [-0.2, -0.15) is 0 Å². The minimum atomic E-state index is -0.282. The lowest BCUT2D eigenvalue weighted by Crippen LogP contribution is -2.09. The zero-order valence-corrected chi connectivity index (χ0v) is 15.6. The molecule has 1 rings (SSSR count). The highest BCUT2D eigenvalue weighted by molar-refractivity contribution is 9.11. The van der Waals surface area contributed by atoms with Gasteiger partial charge >= 0.3 is 5.97 Å². The second-order valence-corrected chi connectivity index (χ2v) is 5.95. The van der Waals surface area contributed by atoms with Gasteiger partial charge in [0.2, 0.25) is 0 Å². The van der Waals surface area contributed by atoms with Crippen molar-refractivity contribution in [1.29, 1.82) is 0 Å². The first-order chi connectivity index (χ1) is 10.9. The molecule has 0 fully saturated rings. The number of carbonyl (C=O) groups is 1. The molecule has 1 aromatic rings. The number of carbonyl (C=O) groups excluding carboxylic acids is 1. The van der Waals surface area contributed by atoms with E-state index in [4.69, 9.17) is 9.47 Å². The third-order valence-electron chi connectivity index (χ3n) is 3.09. The van der Waals surface area contributed by atoms with Crippen LogP contribution in [0.15, 0.2) is 40.3 Å². The zero-order chi connectivity index (χ0) is 17.4. The molecule has 1 N–H and O–H groups in total. The number of benzene rings is 1. The number of aliphatic hydroxyl groups is 1. The van der Waals surface area contributed by atoms with E-state index in [2.05, 4.69) is 15.9 Å². The summed E-state index contributed by atoms with van der Waals surface area (Å²) in [7, 11) is 0. The molecule has 0 amide bonds. The summed E-state index contributed by atoms with van der Waals surface area (Å²) in [6.07, 6.45) is 2.54. The molecule has 23 heavy (non-hydrogen) atoms. The summed E-state index contributed by atoms with van der Waals surface area (Å²) in [6.45, 7) is 7.65. The number of hydrogen-bond acceptors (Lipinski definition) is 4. The monoisotopic (exact) mass is 382 g/mol. The van der Waals surface area contributed by atoms with Gasteiger partial charge in [-0.1, -0.05) is 19.1 Å². The van der Waals surface area contributed by atoms with E-state index in [1.165, 1.54) is 0 Å². The zero-order valence-electron chi connectivity index (χ0n) is 14.0. The first-order valence-electron chi connectivity index (χ1n) is 7.56. The highest BCUT2D eigenvalue weighted by Gasteiger charge is 2.12. The highest BCUT2D eigenvalue weighted by Crippen LogP contribution is 2.26. The number of allylic oxidation sites excluding steroid dienone is 4. The van der Waals surface area contributed by atoms with Crippen LogP contribution < -0.4 is 4.74 Å². The molecule has 126 valence electrons. The van der Waals surface area contributed by atoms with E-state index in [0.29, 0.717) is 29.0 Å². The van der Waals surface area contributed by atoms with Crippen molar-refractivity contribution in [3.05, 3.63) is 51.4 Å². The molecular formula is C18H23BrO4. The van der Waals surface area contributed by atoms with Crippen molar-refractivity contribution in [2.45, 2.75) is 40.5 Å². The summed E-state index contributed by atoms with van der Waals surface area (Å²) >= 11 is 3.29. The maximum absolute atomic E-state index is 11.7. The Hall–Kier alpha value is -1.75. The highest BCUT2D eigenvalue weighted by atomic mass is 79.9. The third-order valence-corrected chi connectivity index (χ3v) is 3.89. The predicted molar refractivity (Wildman–Crippen MR) is 94.8 cm³/mol. The number of esters is 1. The molecule has 0 unspecified atom stereocenters. The quantitative estimate of drug-likeness (QED) is 0.411. The summed E-state index contributed by atoms with van der Waals surface area (Å²) in [4.78, 5) is 11.7. The van der Waals surface area contributed by atoms with Crippen molar-refractivity contribution in [2.75, 3.05) is 6.61 Å². The van der Waals surface area contributed by atoms with Crippen molar-refractivity contribution in [2.24, 2.45) is 0 Å². The van der Waals surface area contributed by atoms with Crippen LogP contribution in [0.25, 0.3) is 0 Å². The van der Waals surface area contributed by atoms with Crippen molar-refractivity contribution in [3.63, 3.8) is 0 Å². The Labute approximate surface area is 145 Å². The molecule has 5 heteroatoms. The Morgan fingerprint density at radius 2 is 2.04 bits per heavy atom. The second-order valence-electron chi connectivity index (χ2n) is 5.09. The lowest BCUT2D eigenvalue weighted by Gasteiger charge is -2.14. The molecule has 0 saturated heterocycles. The van der Waals surface area contributed by atoms with Crippen molar-refractivity contribution >= 4 is 21.9 Å². The summed E-state index contributed by atoms with van der Waals surface area (Å²) in [6, 6.07) is 5.70. The van der Waals surface area contributed by atoms with Crippen LogP contribution in [0, 0.1) is 6.92 Å². The Balaban J connectivity index is 3.08. The van der Waals surface area contributed by atoms with E-state index in [1.807, 2.05) is 32.0 Å². The van der Waals surface area contributed by atoms with Crippen LogP contribution in [0.4, 0.5) is 0 Å². The van der Waals surface area contributed by atoms with E-state index in [1.54, 1.807) is 19.9 Å². The topological polar surface area (TPSA) is 55.8 Å². The van der Waals surface area contributed by atoms with Gasteiger partial charge in [-0.15, -0.1) is 0 Å². The van der Waals surface area contributed by atoms with Crippen LogP contribution in [-0.2, 0) is 16.0 Å². The Morgan fingerprint density at radius 3 is 2.61 bits per heavy atom. The van der Waals surface area contributed by atoms with Gasteiger partial charge in [-0.3, -0.25) is 4.79 Å².